The molecule has 0 aliphatic heterocycles. The standard InChI is InChI=1S/C11H10O2/c1-2-4-10(5-3-1)8-13-11-6-7-12-9-11/h1-7,9H,8H2. The largest absolute Gasteiger partial charge is 0.486 e. The van der Waals surface area contributed by atoms with E-state index in [4.69, 9.17) is 9.15 Å². The molecule has 0 saturated carbocycles. The fraction of sp³-hybridized carbons (Fsp3) is 0.0909. The Balaban J connectivity index is 1.94. The molecule has 0 fully saturated rings. The van der Waals surface area contributed by atoms with Gasteiger partial charge in [0.2, 0.25) is 0 Å². The van der Waals surface area contributed by atoms with Crippen molar-refractivity contribution in [2.24, 2.45) is 0 Å². The van der Waals surface area contributed by atoms with Crippen molar-refractivity contribution in [3.8, 4) is 5.75 Å². The van der Waals surface area contributed by atoms with Gasteiger partial charge < -0.3 is 9.15 Å². The lowest BCUT2D eigenvalue weighted by molar-refractivity contribution is 0.302. The molecule has 1 aromatic heterocycles. The van der Waals surface area contributed by atoms with Crippen LogP contribution in [0.2, 0.25) is 0 Å². The van der Waals surface area contributed by atoms with Crippen molar-refractivity contribution in [3.05, 3.63) is 54.5 Å². The molecule has 0 saturated heterocycles. The highest BCUT2D eigenvalue weighted by Crippen LogP contribution is 2.12. The van der Waals surface area contributed by atoms with Gasteiger partial charge in [-0.1, -0.05) is 30.3 Å². The van der Waals surface area contributed by atoms with Gasteiger partial charge in [0.05, 0.1) is 6.26 Å². The van der Waals surface area contributed by atoms with E-state index < -0.39 is 0 Å². The summed E-state index contributed by atoms with van der Waals surface area (Å²) in [7, 11) is 0. The van der Waals surface area contributed by atoms with E-state index in [-0.39, 0.29) is 0 Å². The lowest BCUT2D eigenvalue weighted by Crippen LogP contribution is -1.93. The number of benzene rings is 1. The van der Waals surface area contributed by atoms with Crippen molar-refractivity contribution < 1.29 is 9.15 Å². The molecule has 13 heavy (non-hydrogen) atoms. The summed E-state index contributed by atoms with van der Waals surface area (Å²) < 4.78 is 10.3. The quantitative estimate of drug-likeness (QED) is 0.713. The number of ether oxygens (including phenoxy) is 1. The van der Waals surface area contributed by atoms with Crippen molar-refractivity contribution in [1.29, 1.82) is 0 Å². The van der Waals surface area contributed by atoms with Gasteiger partial charge in [-0.25, -0.2) is 0 Å². The molecular formula is C11H10O2. The van der Waals surface area contributed by atoms with Crippen LogP contribution < -0.4 is 4.74 Å². The molecule has 0 N–H and O–H groups in total. The summed E-state index contributed by atoms with van der Waals surface area (Å²) in [5.41, 5.74) is 1.16. The summed E-state index contributed by atoms with van der Waals surface area (Å²) in [5, 5.41) is 0. The molecule has 0 atom stereocenters. The molecule has 0 radical (unpaired) electrons. The van der Waals surface area contributed by atoms with E-state index in [1.807, 2.05) is 30.3 Å². The molecule has 0 bridgehead atoms. The van der Waals surface area contributed by atoms with Gasteiger partial charge in [-0.05, 0) is 5.56 Å². The Labute approximate surface area is 76.8 Å². The van der Waals surface area contributed by atoms with Crippen LogP contribution in [0.1, 0.15) is 5.56 Å². The maximum atomic E-state index is 5.44. The number of hydrogen-bond acceptors (Lipinski definition) is 2. The average Bonchev–Trinajstić information content (AvgIpc) is 2.69. The highest BCUT2D eigenvalue weighted by Gasteiger charge is 1.94. The van der Waals surface area contributed by atoms with Crippen molar-refractivity contribution >= 4 is 0 Å². The second kappa shape index (κ2) is 3.81. The van der Waals surface area contributed by atoms with Crippen LogP contribution in [0, 0.1) is 0 Å². The number of hydrogen-bond donors (Lipinski definition) is 0. The second-order valence-electron chi connectivity index (χ2n) is 2.73. The van der Waals surface area contributed by atoms with Gasteiger partial charge in [0.15, 0.2) is 5.75 Å². The van der Waals surface area contributed by atoms with Crippen molar-refractivity contribution in [2.75, 3.05) is 0 Å². The van der Waals surface area contributed by atoms with Crippen LogP contribution in [0.3, 0.4) is 0 Å². The Bertz CT molecular complexity index is 338. The Morgan fingerprint density at radius 2 is 1.92 bits per heavy atom. The topological polar surface area (TPSA) is 22.4 Å². The Morgan fingerprint density at radius 1 is 1.08 bits per heavy atom. The number of rotatable bonds is 3. The maximum absolute atomic E-state index is 5.44. The Morgan fingerprint density at radius 3 is 2.62 bits per heavy atom. The predicted molar refractivity (Wildman–Crippen MR) is 49.5 cm³/mol. The van der Waals surface area contributed by atoms with Crippen LogP contribution in [0.15, 0.2) is 53.3 Å². The molecule has 2 rings (SSSR count). The van der Waals surface area contributed by atoms with E-state index in [1.165, 1.54) is 0 Å². The minimum Gasteiger partial charge on any atom is -0.486 e. The van der Waals surface area contributed by atoms with Gasteiger partial charge in [0.25, 0.3) is 0 Å². The van der Waals surface area contributed by atoms with Crippen molar-refractivity contribution in [1.82, 2.24) is 0 Å². The highest BCUT2D eigenvalue weighted by atomic mass is 16.5. The van der Waals surface area contributed by atoms with E-state index in [0.717, 1.165) is 11.3 Å². The molecule has 2 nitrogen and oxygen atoms in total. The molecule has 0 amide bonds. The zero-order chi connectivity index (χ0) is 8.93. The van der Waals surface area contributed by atoms with Gasteiger partial charge in [0.1, 0.15) is 12.9 Å². The normalized spacial score (nSPS) is 9.85. The first kappa shape index (κ1) is 7.92. The lowest BCUT2D eigenvalue weighted by atomic mass is 10.2. The van der Waals surface area contributed by atoms with E-state index in [0.29, 0.717) is 6.61 Å². The third-order valence-corrected chi connectivity index (χ3v) is 1.74. The van der Waals surface area contributed by atoms with Crippen molar-refractivity contribution in [3.63, 3.8) is 0 Å². The molecule has 0 unspecified atom stereocenters. The lowest BCUT2D eigenvalue weighted by Gasteiger charge is -2.01. The third-order valence-electron chi connectivity index (χ3n) is 1.74. The summed E-state index contributed by atoms with van der Waals surface area (Å²) in [6.45, 7) is 0.584. The molecule has 2 heteroatoms. The monoisotopic (exact) mass is 174 g/mol. The molecule has 1 aromatic carbocycles. The fourth-order valence-corrected chi connectivity index (χ4v) is 1.08. The van der Waals surface area contributed by atoms with Gasteiger partial charge in [-0.15, -0.1) is 0 Å². The number of furan rings is 1. The first-order valence-electron chi connectivity index (χ1n) is 4.14. The average molecular weight is 174 g/mol. The van der Waals surface area contributed by atoms with Crippen LogP contribution in [0.5, 0.6) is 5.75 Å². The molecule has 66 valence electrons. The van der Waals surface area contributed by atoms with E-state index in [1.54, 1.807) is 18.6 Å². The first-order chi connectivity index (χ1) is 6.45. The Hall–Kier alpha value is -1.70. The van der Waals surface area contributed by atoms with E-state index >= 15 is 0 Å². The fourth-order valence-electron chi connectivity index (χ4n) is 1.08. The summed E-state index contributed by atoms with van der Waals surface area (Å²) in [5.74, 6) is 0.767. The maximum Gasteiger partial charge on any atom is 0.157 e. The second-order valence-corrected chi connectivity index (χ2v) is 2.73. The van der Waals surface area contributed by atoms with Gasteiger partial charge >= 0.3 is 0 Å². The van der Waals surface area contributed by atoms with Crippen molar-refractivity contribution in [2.45, 2.75) is 6.61 Å². The summed E-state index contributed by atoms with van der Waals surface area (Å²) >= 11 is 0. The Kier molecular flexibility index (Phi) is 2.32. The molecule has 0 aliphatic carbocycles. The van der Waals surface area contributed by atoms with Crippen LogP contribution in [-0.4, -0.2) is 0 Å². The molecule has 1 heterocycles. The summed E-state index contributed by atoms with van der Waals surface area (Å²) in [6, 6.07) is 11.8. The highest BCUT2D eigenvalue weighted by molar-refractivity contribution is 5.17. The van der Waals surface area contributed by atoms with Crippen LogP contribution in [-0.2, 0) is 6.61 Å². The van der Waals surface area contributed by atoms with Gasteiger partial charge in [-0.2, -0.15) is 0 Å². The predicted octanol–water partition coefficient (Wildman–Crippen LogP) is 2.86. The first-order valence-corrected chi connectivity index (χ1v) is 4.14. The smallest absolute Gasteiger partial charge is 0.157 e. The van der Waals surface area contributed by atoms with Gasteiger partial charge in [-0.3, -0.25) is 0 Å². The third kappa shape index (κ3) is 2.12. The molecular weight excluding hydrogens is 164 g/mol. The zero-order valence-corrected chi connectivity index (χ0v) is 7.14. The molecule has 0 spiro atoms. The molecule has 2 aromatic rings. The van der Waals surface area contributed by atoms with E-state index in [2.05, 4.69) is 0 Å². The van der Waals surface area contributed by atoms with Crippen LogP contribution in [0.4, 0.5) is 0 Å². The van der Waals surface area contributed by atoms with Crippen LogP contribution in [0.25, 0.3) is 0 Å². The molecule has 0 aliphatic rings. The summed E-state index contributed by atoms with van der Waals surface area (Å²) in [6.07, 6.45) is 3.18. The summed E-state index contributed by atoms with van der Waals surface area (Å²) in [4.78, 5) is 0. The SMILES string of the molecule is c1ccc(COc2ccoc2)cc1. The van der Waals surface area contributed by atoms with E-state index in [9.17, 15) is 0 Å². The van der Waals surface area contributed by atoms with Crippen LogP contribution >= 0.6 is 0 Å². The minimum absolute atomic E-state index is 0.584. The van der Waals surface area contributed by atoms with Gasteiger partial charge in [0, 0.05) is 6.07 Å². The minimum atomic E-state index is 0.584. The zero-order valence-electron chi connectivity index (χ0n) is 7.14.